The molecule has 1 atom stereocenters. The van der Waals surface area contributed by atoms with Crippen molar-refractivity contribution in [2.24, 2.45) is 5.41 Å². The Kier molecular flexibility index (Phi) is 4.70. The van der Waals surface area contributed by atoms with Crippen molar-refractivity contribution in [2.45, 2.75) is 25.4 Å². The molecule has 0 bridgehead atoms. The quantitative estimate of drug-likeness (QED) is 0.286. The van der Waals surface area contributed by atoms with Gasteiger partial charge in [-0.15, -0.1) is 0 Å². The third-order valence-corrected chi connectivity index (χ3v) is 4.47. The highest BCUT2D eigenvalue weighted by Crippen LogP contribution is 2.51. The van der Waals surface area contributed by atoms with Gasteiger partial charge >= 0.3 is 5.97 Å². The maximum Gasteiger partial charge on any atom is 0.341 e. The summed E-state index contributed by atoms with van der Waals surface area (Å²) >= 11 is 0. The molecular formula is C18H13F5O3. The van der Waals surface area contributed by atoms with Crippen molar-refractivity contribution in [1.82, 2.24) is 0 Å². The van der Waals surface area contributed by atoms with Gasteiger partial charge in [-0.05, 0) is 24.8 Å². The summed E-state index contributed by atoms with van der Waals surface area (Å²) in [4.78, 5) is 12.1. The maximum absolute atomic E-state index is 13.6. The summed E-state index contributed by atoms with van der Waals surface area (Å²) in [5.41, 5.74) is -0.0595. The van der Waals surface area contributed by atoms with Crippen molar-refractivity contribution in [3.63, 3.8) is 0 Å². The number of carbonyl (C=O) groups excluding carboxylic acids is 1. The van der Waals surface area contributed by atoms with E-state index in [9.17, 15) is 31.9 Å². The molecule has 1 aliphatic carbocycles. The Hall–Kier alpha value is -2.48. The fraction of sp³-hybridized carbons (Fsp3) is 0.278. The molecule has 0 amide bonds. The highest BCUT2D eigenvalue weighted by Gasteiger charge is 2.52. The molecule has 138 valence electrons. The molecule has 3 rings (SSSR count). The number of ether oxygens (including phenoxy) is 1. The first-order valence-corrected chi connectivity index (χ1v) is 7.72. The molecule has 1 N–H and O–H groups in total. The average Bonchev–Trinajstić information content (AvgIpc) is 3.42. The van der Waals surface area contributed by atoms with Gasteiger partial charge in [-0.25, -0.2) is 18.0 Å². The zero-order chi connectivity index (χ0) is 19.1. The van der Waals surface area contributed by atoms with Gasteiger partial charge in [0.15, 0.2) is 6.10 Å². The molecular weight excluding hydrogens is 359 g/mol. The van der Waals surface area contributed by atoms with Gasteiger partial charge in [0.25, 0.3) is 0 Å². The van der Waals surface area contributed by atoms with E-state index in [1.165, 1.54) is 0 Å². The van der Waals surface area contributed by atoms with Gasteiger partial charge in [0, 0.05) is 5.41 Å². The van der Waals surface area contributed by atoms with E-state index in [1.807, 2.05) is 0 Å². The van der Waals surface area contributed by atoms with Gasteiger partial charge in [0.1, 0.15) is 0 Å². The van der Waals surface area contributed by atoms with E-state index in [4.69, 9.17) is 0 Å². The van der Waals surface area contributed by atoms with Crippen molar-refractivity contribution < 1.29 is 36.6 Å². The van der Waals surface area contributed by atoms with Crippen LogP contribution in [-0.4, -0.2) is 17.2 Å². The third-order valence-electron chi connectivity index (χ3n) is 4.47. The normalized spacial score (nSPS) is 16.2. The third kappa shape index (κ3) is 3.16. The number of benzene rings is 2. The van der Waals surface area contributed by atoms with E-state index in [0.29, 0.717) is 19.3 Å². The van der Waals surface area contributed by atoms with Crippen LogP contribution in [-0.2, 0) is 11.2 Å². The van der Waals surface area contributed by atoms with Gasteiger partial charge in [0.05, 0.1) is 0 Å². The Labute approximate surface area is 145 Å². The molecule has 3 nitrogen and oxygen atoms in total. The van der Waals surface area contributed by atoms with Gasteiger partial charge in [-0.3, -0.25) is 0 Å². The van der Waals surface area contributed by atoms with Crippen LogP contribution < -0.4 is 4.74 Å². The van der Waals surface area contributed by atoms with Crippen LogP contribution in [0.25, 0.3) is 0 Å². The Morgan fingerprint density at radius 1 is 0.962 bits per heavy atom. The predicted molar refractivity (Wildman–Crippen MR) is 79.7 cm³/mol. The van der Waals surface area contributed by atoms with E-state index in [-0.39, 0.29) is 0 Å². The smallest absolute Gasteiger partial charge is 0.341 e. The van der Waals surface area contributed by atoms with E-state index in [1.54, 1.807) is 30.3 Å². The molecule has 2 aromatic carbocycles. The largest absolute Gasteiger partial charge is 0.418 e. The number of esters is 1. The fourth-order valence-corrected chi connectivity index (χ4v) is 2.79. The molecule has 0 saturated heterocycles. The zero-order valence-corrected chi connectivity index (χ0v) is 13.2. The fourth-order valence-electron chi connectivity index (χ4n) is 2.79. The first kappa shape index (κ1) is 18.3. The van der Waals surface area contributed by atoms with E-state index >= 15 is 0 Å². The highest BCUT2D eigenvalue weighted by molar-refractivity contribution is 5.78. The van der Waals surface area contributed by atoms with E-state index in [0.717, 1.165) is 5.56 Å². The summed E-state index contributed by atoms with van der Waals surface area (Å²) in [6, 6.07) is 8.89. The lowest BCUT2D eigenvalue weighted by Crippen LogP contribution is -2.36. The standard InChI is InChI=1S/C18H13F5O3/c19-10-11(20)13(22)15(14(23)12(10)21)26-17(25)16(24)18(6-7-18)8-9-4-2-1-3-5-9/h1-5,16,24H,6-8H2/t16-/m1/s1. The number of hydrogen-bond acceptors (Lipinski definition) is 3. The Morgan fingerprint density at radius 3 is 1.96 bits per heavy atom. The number of aliphatic hydroxyl groups excluding tert-OH is 1. The monoisotopic (exact) mass is 372 g/mol. The van der Waals surface area contributed by atoms with Crippen LogP contribution in [0.2, 0.25) is 0 Å². The summed E-state index contributed by atoms with van der Waals surface area (Å²) < 4.78 is 70.9. The Morgan fingerprint density at radius 2 is 1.46 bits per heavy atom. The number of carbonyl (C=O) groups is 1. The predicted octanol–water partition coefficient (Wildman–Crippen LogP) is 3.67. The molecule has 0 unspecified atom stereocenters. The van der Waals surface area contributed by atoms with Gasteiger partial charge in [0.2, 0.25) is 34.8 Å². The first-order valence-electron chi connectivity index (χ1n) is 7.72. The van der Waals surface area contributed by atoms with Gasteiger partial charge in [-0.2, -0.15) is 8.78 Å². The van der Waals surface area contributed by atoms with Crippen LogP contribution in [0, 0.1) is 34.5 Å². The van der Waals surface area contributed by atoms with Crippen molar-refractivity contribution >= 4 is 5.97 Å². The van der Waals surface area contributed by atoms with Gasteiger partial charge < -0.3 is 9.84 Å². The number of aliphatic hydroxyl groups is 1. The molecule has 0 spiro atoms. The van der Waals surface area contributed by atoms with E-state index in [2.05, 4.69) is 4.74 Å². The first-order chi connectivity index (χ1) is 12.3. The summed E-state index contributed by atoms with van der Waals surface area (Å²) in [7, 11) is 0. The number of rotatable bonds is 5. The summed E-state index contributed by atoms with van der Waals surface area (Å²) in [5, 5.41) is 10.2. The maximum atomic E-state index is 13.6. The van der Waals surface area contributed by atoms with Gasteiger partial charge in [-0.1, -0.05) is 30.3 Å². The lowest BCUT2D eigenvalue weighted by molar-refractivity contribution is -0.148. The van der Waals surface area contributed by atoms with Crippen LogP contribution in [0.5, 0.6) is 5.75 Å². The minimum Gasteiger partial charge on any atom is -0.418 e. The Balaban J connectivity index is 1.81. The molecule has 0 aliphatic heterocycles. The van der Waals surface area contributed by atoms with Crippen molar-refractivity contribution in [2.75, 3.05) is 0 Å². The lowest BCUT2D eigenvalue weighted by Gasteiger charge is -2.21. The number of halogens is 5. The summed E-state index contributed by atoms with van der Waals surface area (Å²) in [5.74, 6) is -14.5. The van der Waals surface area contributed by atoms with Crippen LogP contribution in [0.3, 0.4) is 0 Å². The molecule has 1 aliphatic rings. The van der Waals surface area contributed by atoms with Crippen molar-refractivity contribution in [3.8, 4) is 5.75 Å². The second-order valence-corrected chi connectivity index (χ2v) is 6.25. The number of hydrogen-bond donors (Lipinski definition) is 1. The minimum absolute atomic E-state index is 0.307. The minimum atomic E-state index is -2.36. The molecule has 1 fully saturated rings. The van der Waals surface area contributed by atoms with E-state index < -0.39 is 52.3 Å². The molecule has 1 saturated carbocycles. The highest BCUT2D eigenvalue weighted by atomic mass is 19.2. The topological polar surface area (TPSA) is 46.5 Å². The van der Waals surface area contributed by atoms with Crippen LogP contribution in [0.4, 0.5) is 22.0 Å². The van der Waals surface area contributed by atoms with Crippen LogP contribution in [0.1, 0.15) is 18.4 Å². The molecule has 26 heavy (non-hydrogen) atoms. The SMILES string of the molecule is O=C(Oc1c(F)c(F)c(F)c(F)c1F)[C@@H](O)C1(Cc2ccccc2)CC1. The average molecular weight is 372 g/mol. The summed E-state index contributed by atoms with van der Waals surface area (Å²) in [6.45, 7) is 0. The van der Waals surface area contributed by atoms with Crippen LogP contribution in [0.15, 0.2) is 30.3 Å². The molecule has 0 heterocycles. The zero-order valence-electron chi connectivity index (χ0n) is 13.2. The van der Waals surface area contributed by atoms with Crippen molar-refractivity contribution in [1.29, 1.82) is 0 Å². The second-order valence-electron chi connectivity index (χ2n) is 6.25. The molecule has 2 aromatic rings. The second kappa shape index (κ2) is 6.68. The van der Waals surface area contributed by atoms with Crippen molar-refractivity contribution in [3.05, 3.63) is 65.0 Å². The molecule has 0 radical (unpaired) electrons. The molecule has 0 aromatic heterocycles. The van der Waals surface area contributed by atoms with Crippen LogP contribution >= 0.6 is 0 Å². The summed E-state index contributed by atoms with van der Waals surface area (Å²) in [6.07, 6.45) is -0.552. The molecule has 8 heteroatoms. The Bertz CT molecular complexity index is 821. The lowest BCUT2D eigenvalue weighted by atomic mass is 9.91.